The van der Waals surface area contributed by atoms with Gasteiger partial charge in [0.2, 0.25) is 0 Å². The second kappa shape index (κ2) is 7.15. The lowest BCUT2D eigenvalue weighted by Crippen LogP contribution is -2.30. The zero-order valence-corrected chi connectivity index (χ0v) is 10.7. The highest BCUT2D eigenvalue weighted by Crippen LogP contribution is 2.29. The molecule has 0 amide bonds. The van der Waals surface area contributed by atoms with Gasteiger partial charge in [0.15, 0.2) is 0 Å². The minimum atomic E-state index is 0. The molecule has 2 N–H and O–H groups in total. The Morgan fingerprint density at radius 3 is 2.47 bits per heavy atom. The van der Waals surface area contributed by atoms with E-state index in [9.17, 15) is 0 Å². The Balaban J connectivity index is 0.000000980. The first-order chi connectivity index (χ1) is 6.38. The van der Waals surface area contributed by atoms with Crippen molar-refractivity contribution in [2.45, 2.75) is 25.7 Å². The molecule has 1 fully saturated rings. The summed E-state index contributed by atoms with van der Waals surface area (Å²) in [4.78, 5) is 3.31. The first kappa shape index (κ1) is 14.8. The molecule has 2 nitrogen and oxygen atoms in total. The average Bonchev–Trinajstić information content (AvgIpc) is 2.71. The molecule has 2 heterocycles. The maximum absolute atomic E-state index is 3.40. The Bertz CT molecular complexity index is 243. The molecule has 0 aliphatic carbocycles. The first-order valence-electron chi connectivity index (χ1n) is 5.22. The average molecular weight is 251 g/mol. The highest BCUT2D eigenvalue weighted by Gasteiger charge is 2.21. The molecule has 0 saturated carbocycles. The molecular weight excluding hydrogens is 231 g/mol. The predicted octanol–water partition coefficient (Wildman–Crippen LogP) is 2.96. The van der Waals surface area contributed by atoms with Crippen LogP contribution in [0.5, 0.6) is 0 Å². The third-order valence-corrected chi connectivity index (χ3v) is 3.20. The maximum atomic E-state index is 3.40. The van der Waals surface area contributed by atoms with E-state index < -0.39 is 0 Å². The zero-order chi connectivity index (χ0) is 9.10. The molecule has 1 unspecified atom stereocenters. The van der Waals surface area contributed by atoms with Gasteiger partial charge < -0.3 is 10.3 Å². The van der Waals surface area contributed by atoms with Crippen LogP contribution in [-0.4, -0.2) is 18.1 Å². The predicted molar refractivity (Wildman–Crippen MR) is 69.3 cm³/mol. The smallest absolute Gasteiger partial charge is 0.0178 e. The number of rotatable bonds is 2. The van der Waals surface area contributed by atoms with Gasteiger partial charge >= 0.3 is 0 Å². The van der Waals surface area contributed by atoms with E-state index in [-0.39, 0.29) is 24.8 Å². The number of aromatic amines is 1. The van der Waals surface area contributed by atoms with Gasteiger partial charge in [0.05, 0.1) is 0 Å². The van der Waals surface area contributed by atoms with Gasteiger partial charge in [-0.1, -0.05) is 6.92 Å². The maximum Gasteiger partial charge on any atom is 0.0178 e. The van der Waals surface area contributed by atoms with Gasteiger partial charge in [-0.3, -0.25) is 0 Å². The van der Waals surface area contributed by atoms with E-state index in [1.807, 2.05) is 6.20 Å². The Labute approximate surface area is 104 Å². The Hall–Kier alpha value is -0.180. The Morgan fingerprint density at radius 2 is 1.93 bits per heavy atom. The highest BCUT2D eigenvalue weighted by atomic mass is 35.5. The van der Waals surface area contributed by atoms with E-state index in [0.717, 1.165) is 5.92 Å². The number of piperidine rings is 1. The normalized spacial score (nSPS) is 18.7. The van der Waals surface area contributed by atoms with Crippen molar-refractivity contribution in [2.24, 2.45) is 5.92 Å². The molecule has 0 spiro atoms. The lowest BCUT2D eigenvalue weighted by atomic mass is 9.84. The number of halogens is 2. The minimum Gasteiger partial charge on any atom is -0.365 e. The van der Waals surface area contributed by atoms with Gasteiger partial charge in [-0.25, -0.2) is 0 Å². The molecule has 1 aliphatic heterocycles. The molecule has 1 atom stereocenters. The van der Waals surface area contributed by atoms with Gasteiger partial charge in [-0.2, -0.15) is 0 Å². The number of hydrogen-bond acceptors (Lipinski definition) is 1. The van der Waals surface area contributed by atoms with Crippen LogP contribution in [0.25, 0.3) is 0 Å². The SMILES string of the molecule is CC(c1ccc[nH]1)C1CCNCC1.Cl.Cl. The fraction of sp³-hybridized carbons (Fsp3) is 0.636. The molecule has 4 heteroatoms. The van der Waals surface area contributed by atoms with E-state index in [1.54, 1.807) is 0 Å². The molecule has 1 aromatic heterocycles. The highest BCUT2D eigenvalue weighted by molar-refractivity contribution is 5.85. The van der Waals surface area contributed by atoms with E-state index >= 15 is 0 Å². The number of H-pyrrole nitrogens is 1. The van der Waals surface area contributed by atoms with Crippen LogP contribution in [0, 0.1) is 5.92 Å². The van der Waals surface area contributed by atoms with Crippen molar-refractivity contribution in [1.82, 2.24) is 10.3 Å². The molecule has 1 saturated heterocycles. The van der Waals surface area contributed by atoms with Gasteiger partial charge in [0.1, 0.15) is 0 Å². The quantitative estimate of drug-likeness (QED) is 0.831. The minimum absolute atomic E-state index is 0. The third-order valence-electron chi connectivity index (χ3n) is 3.20. The van der Waals surface area contributed by atoms with Crippen LogP contribution >= 0.6 is 24.8 Å². The summed E-state index contributed by atoms with van der Waals surface area (Å²) in [5.74, 6) is 1.55. The third kappa shape index (κ3) is 3.71. The van der Waals surface area contributed by atoms with Crippen LogP contribution in [0.3, 0.4) is 0 Å². The largest absolute Gasteiger partial charge is 0.365 e. The van der Waals surface area contributed by atoms with Crippen LogP contribution in [0.1, 0.15) is 31.4 Å². The number of hydrogen-bond donors (Lipinski definition) is 2. The summed E-state index contributed by atoms with van der Waals surface area (Å²) in [6, 6.07) is 4.29. The molecule has 0 bridgehead atoms. The van der Waals surface area contributed by atoms with Gasteiger partial charge in [0.25, 0.3) is 0 Å². The lowest BCUT2D eigenvalue weighted by Gasteiger charge is -2.27. The van der Waals surface area contributed by atoms with E-state index in [0.29, 0.717) is 5.92 Å². The number of nitrogens with one attached hydrogen (secondary N) is 2. The summed E-state index contributed by atoms with van der Waals surface area (Å²) in [5.41, 5.74) is 1.40. The van der Waals surface area contributed by atoms with Gasteiger partial charge in [0, 0.05) is 11.9 Å². The number of aromatic nitrogens is 1. The Kier molecular flexibility index (Phi) is 7.07. The molecule has 88 valence electrons. The van der Waals surface area contributed by atoms with Crippen LogP contribution < -0.4 is 5.32 Å². The van der Waals surface area contributed by atoms with Crippen molar-refractivity contribution < 1.29 is 0 Å². The molecule has 0 aromatic carbocycles. The molecule has 2 rings (SSSR count). The molecule has 15 heavy (non-hydrogen) atoms. The second-order valence-corrected chi connectivity index (χ2v) is 4.00. The first-order valence-corrected chi connectivity index (χ1v) is 5.22. The van der Waals surface area contributed by atoms with Crippen LogP contribution in [-0.2, 0) is 0 Å². The van der Waals surface area contributed by atoms with Crippen molar-refractivity contribution in [3.05, 3.63) is 24.0 Å². The van der Waals surface area contributed by atoms with Crippen LogP contribution in [0.2, 0.25) is 0 Å². The van der Waals surface area contributed by atoms with Crippen molar-refractivity contribution >= 4 is 24.8 Å². The van der Waals surface area contributed by atoms with Crippen LogP contribution in [0.4, 0.5) is 0 Å². The van der Waals surface area contributed by atoms with Crippen molar-refractivity contribution in [2.75, 3.05) is 13.1 Å². The molecule has 1 aliphatic rings. The molecular formula is C11H20Cl2N2. The summed E-state index contributed by atoms with van der Waals surface area (Å²) >= 11 is 0. The molecule has 0 radical (unpaired) electrons. The van der Waals surface area contributed by atoms with E-state index in [2.05, 4.69) is 29.4 Å². The Morgan fingerprint density at radius 1 is 1.27 bits per heavy atom. The molecule has 1 aromatic rings. The zero-order valence-electron chi connectivity index (χ0n) is 9.03. The van der Waals surface area contributed by atoms with E-state index in [1.165, 1.54) is 31.6 Å². The second-order valence-electron chi connectivity index (χ2n) is 4.00. The van der Waals surface area contributed by atoms with Crippen molar-refractivity contribution in [3.63, 3.8) is 0 Å². The lowest BCUT2D eigenvalue weighted by molar-refractivity contribution is 0.327. The van der Waals surface area contributed by atoms with Gasteiger partial charge in [-0.15, -0.1) is 24.8 Å². The van der Waals surface area contributed by atoms with Crippen molar-refractivity contribution in [3.8, 4) is 0 Å². The summed E-state index contributed by atoms with van der Waals surface area (Å²) in [7, 11) is 0. The summed E-state index contributed by atoms with van der Waals surface area (Å²) in [6.45, 7) is 4.72. The fourth-order valence-corrected chi connectivity index (χ4v) is 2.23. The fourth-order valence-electron chi connectivity index (χ4n) is 2.23. The summed E-state index contributed by atoms with van der Waals surface area (Å²) in [6.07, 6.45) is 4.66. The van der Waals surface area contributed by atoms with E-state index in [4.69, 9.17) is 0 Å². The van der Waals surface area contributed by atoms with Crippen LogP contribution in [0.15, 0.2) is 18.3 Å². The topological polar surface area (TPSA) is 27.8 Å². The summed E-state index contributed by atoms with van der Waals surface area (Å²) < 4.78 is 0. The monoisotopic (exact) mass is 250 g/mol. The summed E-state index contributed by atoms with van der Waals surface area (Å²) in [5, 5.41) is 3.40. The standard InChI is InChI=1S/C11H18N2.2ClH/c1-9(11-3-2-6-13-11)10-4-7-12-8-5-10;;/h2-3,6,9-10,12-13H,4-5,7-8H2,1H3;2*1H. The van der Waals surface area contributed by atoms with Crippen molar-refractivity contribution in [1.29, 1.82) is 0 Å². The van der Waals surface area contributed by atoms with Gasteiger partial charge in [-0.05, 0) is 49.9 Å².